The monoisotopic (exact) mass is 525 g/mol. The van der Waals surface area contributed by atoms with E-state index in [-0.39, 0.29) is 37.0 Å². The van der Waals surface area contributed by atoms with Crippen LogP contribution in [-0.4, -0.2) is 85.9 Å². The second-order valence-electron chi connectivity index (χ2n) is 9.83. The SMILES string of the molecule is CCCON(CCPCC(OC(C)C)OC(C)C)C(CC)CCPCC(OC(C)C)OC(C)C. The highest BCUT2D eigenvalue weighted by Gasteiger charge is 2.19. The van der Waals surface area contributed by atoms with Gasteiger partial charge in [0.05, 0.1) is 31.0 Å². The van der Waals surface area contributed by atoms with E-state index in [4.69, 9.17) is 23.8 Å². The second-order valence-corrected chi connectivity index (χ2v) is 12.6. The van der Waals surface area contributed by atoms with Gasteiger partial charge < -0.3 is 18.9 Å². The molecule has 8 heteroatoms. The average molecular weight is 526 g/mol. The lowest BCUT2D eigenvalue weighted by Gasteiger charge is -2.31. The van der Waals surface area contributed by atoms with Gasteiger partial charge in [0.15, 0.2) is 12.6 Å². The summed E-state index contributed by atoms with van der Waals surface area (Å²) < 4.78 is 23.8. The minimum absolute atomic E-state index is 0.0962. The Morgan fingerprint density at radius 1 is 0.647 bits per heavy atom. The second kappa shape index (κ2) is 21.7. The van der Waals surface area contributed by atoms with E-state index in [0.717, 1.165) is 68.1 Å². The molecule has 0 bridgehead atoms. The first-order valence-corrected chi connectivity index (χ1v) is 16.3. The summed E-state index contributed by atoms with van der Waals surface area (Å²) in [6, 6.07) is 0.453. The topological polar surface area (TPSA) is 49.4 Å². The highest BCUT2D eigenvalue weighted by molar-refractivity contribution is 7.38. The fraction of sp³-hybridized carbons (Fsp3) is 1.00. The maximum Gasteiger partial charge on any atom is 0.161 e. The van der Waals surface area contributed by atoms with Gasteiger partial charge in [-0.1, -0.05) is 13.8 Å². The van der Waals surface area contributed by atoms with Crippen LogP contribution in [0.4, 0.5) is 0 Å². The molecule has 0 fully saturated rings. The van der Waals surface area contributed by atoms with Crippen LogP contribution in [0, 0.1) is 0 Å². The molecule has 3 atom stereocenters. The minimum Gasteiger partial charge on any atom is -0.350 e. The lowest BCUT2D eigenvalue weighted by molar-refractivity contribution is -0.184. The van der Waals surface area contributed by atoms with E-state index < -0.39 is 0 Å². The maximum atomic E-state index is 6.19. The van der Waals surface area contributed by atoms with Gasteiger partial charge in [0, 0.05) is 24.9 Å². The van der Waals surface area contributed by atoms with Gasteiger partial charge >= 0.3 is 0 Å². The highest BCUT2D eigenvalue weighted by Crippen LogP contribution is 2.23. The molecule has 0 saturated carbocycles. The summed E-state index contributed by atoms with van der Waals surface area (Å²) >= 11 is 0. The van der Waals surface area contributed by atoms with Crippen LogP contribution in [0.1, 0.15) is 88.5 Å². The van der Waals surface area contributed by atoms with Crippen molar-refractivity contribution in [1.82, 2.24) is 5.06 Å². The molecule has 0 heterocycles. The molecule has 0 spiro atoms. The van der Waals surface area contributed by atoms with Crippen LogP contribution in [0.2, 0.25) is 0 Å². The number of rotatable bonds is 23. The molecule has 206 valence electrons. The lowest BCUT2D eigenvalue weighted by atomic mass is 10.1. The Labute approximate surface area is 215 Å². The number of hydrogen-bond acceptors (Lipinski definition) is 6. The van der Waals surface area contributed by atoms with Crippen molar-refractivity contribution in [3.63, 3.8) is 0 Å². The first kappa shape index (κ1) is 34.6. The molecule has 0 aliphatic heterocycles. The Morgan fingerprint density at radius 2 is 1.09 bits per heavy atom. The van der Waals surface area contributed by atoms with E-state index >= 15 is 0 Å². The molecule has 0 saturated heterocycles. The summed E-state index contributed by atoms with van der Waals surface area (Å²) in [6.07, 6.45) is 8.01. The molecular formula is C26H57NO5P2. The van der Waals surface area contributed by atoms with Gasteiger partial charge in [-0.3, -0.25) is 4.84 Å². The average Bonchev–Trinajstić information content (AvgIpc) is 2.71. The number of hydroxylamine groups is 2. The molecule has 0 amide bonds. The third-order valence-electron chi connectivity index (χ3n) is 4.82. The molecule has 0 N–H and O–H groups in total. The van der Waals surface area contributed by atoms with Crippen LogP contribution in [-0.2, 0) is 23.8 Å². The van der Waals surface area contributed by atoms with E-state index in [1.165, 1.54) is 6.16 Å². The Kier molecular flexibility index (Phi) is 22.1. The number of hydrogen-bond donors (Lipinski definition) is 0. The summed E-state index contributed by atoms with van der Waals surface area (Å²) in [4.78, 5) is 6.19. The minimum atomic E-state index is -0.111. The van der Waals surface area contributed by atoms with Gasteiger partial charge in [0.25, 0.3) is 0 Å². The summed E-state index contributed by atoms with van der Waals surface area (Å²) in [5.74, 6) is 0. The quantitative estimate of drug-likeness (QED) is 0.0656. The van der Waals surface area contributed by atoms with Crippen LogP contribution < -0.4 is 0 Å². The molecule has 0 aromatic carbocycles. The first-order chi connectivity index (χ1) is 16.1. The molecule has 3 unspecified atom stereocenters. The van der Waals surface area contributed by atoms with E-state index in [9.17, 15) is 0 Å². The molecule has 0 aliphatic carbocycles. The third kappa shape index (κ3) is 19.8. The van der Waals surface area contributed by atoms with Crippen molar-refractivity contribution in [2.75, 3.05) is 37.8 Å². The lowest BCUT2D eigenvalue weighted by Crippen LogP contribution is -2.37. The van der Waals surface area contributed by atoms with Crippen molar-refractivity contribution in [1.29, 1.82) is 0 Å². The predicted molar refractivity (Wildman–Crippen MR) is 150 cm³/mol. The summed E-state index contributed by atoms with van der Waals surface area (Å²) in [5.41, 5.74) is 0. The summed E-state index contributed by atoms with van der Waals surface area (Å²) in [5, 5.41) is 2.26. The zero-order valence-corrected chi connectivity index (χ0v) is 25.9. The van der Waals surface area contributed by atoms with Crippen molar-refractivity contribution < 1.29 is 23.8 Å². The Bertz CT molecular complexity index is 435. The molecule has 6 nitrogen and oxygen atoms in total. The first-order valence-electron chi connectivity index (χ1n) is 13.5. The Morgan fingerprint density at radius 3 is 1.47 bits per heavy atom. The van der Waals surface area contributed by atoms with Crippen molar-refractivity contribution in [2.45, 2.75) is 132 Å². The van der Waals surface area contributed by atoms with Crippen LogP contribution in [0.25, 0.3) is 0 Å². The van der Waals surface area contributed by atoms with Crippen LogP contribution >= 0.6 is 17.2 Å². The molecule has 0 radical (unpaired) electrons. The van der Waals surface area contributed by atoms with Crippen molar-refractivity contribution in [3.8, 4) is 0 Å². The fourth-order valence-electron chi connectivity index (χ4n) is 3.48. The van der Waals surface area contributed by atoms with Gasteiger partial charge in [0.2, 0.25) is 0 Å². The van der Waals surface area contributed by atoms with Gasteiger partial charge in [-0.2, -0.15) is 5.06 Å². The molecule has 0 aromatic rings. The maximum absolute atomic E-state index is 6.19. The largest absolute Gasteiger partial charge is 0.350 e. The third-order valence-corrected chi connectivity index (χ3v) is 7.28. The van der Waals surface area contributed by atoms with Gasteiger partial charge in [0.1, 0.15) is 0 Å². The Hall–Kier alpha value is 0.620. The van der Waals surface area contributed by atoms with E-state index in [1.807, 2.05) is 0 Å². The predicted octanol–water partition coefficient (Wildman–Crippen LogP) is 6.51. The van der Waals surface area contributed by atoms with Gasteiger partial charge in [-0.05, 0) is 87.0 Å². The van der Waals surface area contributed by atoms with E-state index in [2.05, 4.69) is 74.3 Å². The molecule has 0 rings (SSSR count). The van der Waals surface area contributed by atoms with Gasteiger partial charge in [-0.15, -0.1) is 17.2 Å². The van der Waals surface area contributed by atoms with Crippen molar-refractivity contribution >= 4 is 17.2 Å². The van der Waals surface area contributed by atoms with E-state index in [0.29, 0.717) is 6.04 Å². The van der Waals surface area contributed by atoms with Gasteiger partial charge in [-0.25, -0.2) is 0 Å². The normalized spacial score (nSPS) is 14.4. The van der Waals surface area contributed by atoms with E-state index in [1.54, 1.807) is 0 Å². The van der Waals surface area contributed by atoms with Crippen LogP contribution in [0.5, 0.6) is 0 Å². The zero-order chi connectivity index (χ0) is 25.9. The van der Waals surface area contributed by atoms with Crippen LogP contribution in [0.15, 0.2) is 0 Å². The van der Waals surface area contributed by atoms with Crippen molar-refractivity contribution in [3.05, 3.63) is 0 Å². The molecule has 34 heavy (non-hydrogen) atoms. The summed E-state index contributed by atoms with van der Waals surface area (Å²) in [7, 11) is 1.63. The van der Waals surface area contributed by atoms with Crippen molar-refractivity contribution in [2.24, 2.45) is 0 Å². The fourth-order valence-corrected chi connectivity index (χ4v) is 5.66. The molecule has 0 aromatic heterocycles. The Balaban J connectivity index is 4.61. The highest BCUT2D eigenvalue weighted by atomic mass is 31.1. The molecular weight excluding hydrogens is 468 g/mol. The zero-order valence-electron chi connectivity index (χ0n) is 23.9. The molecule has 0 aliphatic rings. The summed E-state index contributed by atoms with van der Waals surface area (Å²) in [6.45, 7) is 22.7. The number of nitrogens with zero attached hydrogens (tertiary/aromatic N) is 1. The standard InChI is InChI=1S/C26H57NO5P2/c1-11-15-28-27(14-17-34-19-26(31-22(7)8)32-23(9)10)24(12-2)13-16-33-18-25(29-20(3)4)30-21(5)6/h20-26,33-34H,11-19H2,1-10H3. The smallest absolute Gasteiger partial charge is 0.161 e. The van der Waals surface area contributed by atoms with Crippen LogP contribution in [0.3, 0.4) is 0 Å². The number of ether oxygens (including phenoxy) is 4.